The van der Waals surface area contributed by atoms with Crippen LogP contribution in [0.25, 0.3) is 0 Å². The number of carbonyl (C=O) groups excluding carboxylic acids is 1. The Labute approximate surface area is 178 Å². The van der Waals surface area contributed by atoms with E-state index in [1.807, 2.05) is 47.4 Å². The van der Waals surface area contributed by atoms with Crippen molar-refractivity contribution < 1.29 is 14.3 Å². The van der Waals surface area contributed by atoms with Gasteiger partial charge in [-0.15, -0.1) is 0 Å². The van der Waals surface area contributed by atoms with Crippen LogP contribution in [0.4, 0.5) is 5.69 Å². The summed E-state index contributed by atoms with van der Waals surface area (Å²) < 4.78 is 10.6. The molecule has 3 aromatic rings. The number of methoxy groups -OCH3 is 2. The van der Waals surface area contributed by atoms with Crippen LogP contribution >= 0.6 is 0 Å². The lowest BCUT2D eigenvalue weighted by atomic mass is 9.78. The van der Waals surface area contributed by atoms with Crippen LogP contribution in [0.15, 0.2) is 78.9 Å². The maximum Gasteiger partial charge on any atom is 0.233 e. The second-order valence-electron chi connectivity index (χ2n) is 7.61. The molecule has 0 radical (unpaired) electrons. The Morgan fingerprint density at radius 3 is 2.00 bits per heavy atom. The molecular formula is C26H27NO3. The van der Waals surface area contributed by atoms with E-state index >= 15 is 0 Å². The van der Waals surface area contributed by atoms with Gasteiger partial charge in [-0.25, -0.2) is 0 Å². The summed E-state index contributed by atoms with van der Waals surface area (Å²) >= 11 is 0. The third-order valence-corrected chi connectivity index (χ3v) is 5.85. The summed E-state index contributed by atoms with van der Waals surface area (Å²) in [6.45, 7) is 0. The molecule has 0 aliphatic carbocycles. The molecule has 30 heavy (non-hydrogen) atoms. The Morgan fingerprint density at radius 2 is 1.40 bits per heavy atom. The standard InChI is InChI=1S/C26H27NO3/c1-29-22-15-11-20(12-16-22)25-24(10-6-9-19-7-4-3-5-8-19)26(28)27(25)21-13-17-23(30-2)18-14-21/h3-5,7-8,11-18,24-25H,6,9-10H2,1-2H3/t24-,25-/m0/s1. The van der Waals surface area contributed by atoms with Crippen LogP contribution < -0.4 is 14.4 Å². The number of hydrogen-bond donors (Lipinski definition) is 0. The number of aryl methyl sites for hydroxylation is 1. The zero-order valence-electron chi connectivity index (χ0n) is 17.5. The summed E-state index contributed by atoms with van der Waals surface area (Å²) in [6, 6.07) is 26.3. The molecule has 0 unspecified atom stereocenters. The van der Waals surface area contributed by atoms with Crippen LogP contribution in [-0.4, -0.2) is 20.1 Å². The summed E-state index contributed by atoms with van der Waals surface area (Å²) in [5.41, 5.74) is 3.36. The molecule has 0 bridgehead atoms. The fraction of sp³-hybridized carbons (Fsp3) is 0.269. The molecule has 3 aromatic carbocycles. The minimum Gasteiger partial charge on any atom is -0.497 e. The fourth-order valence-corrected chi connectivity index (χ4v) is 4.21. The topological polar surface area (TPSA) is 38.8 Å². The smallest absolute Gasteiger partial charge is 0.233 e. The van der Waals surface area contributed by atoms with E-state index in [2.05, 4.69) is 36.4 Å². The van der Waals surface area contributed by atoms with Gasteiger partial charge in [0.1, 0.15) is 11.5 Å². The molecule has 1 aliphatic heterocycles. The molecule has 0 saturated carbocycles. The molecule has 4 nitrogen and oxygen atoms in total. The molecule has 0 N–H and O–H groups in total. The van der Waals surface area contributed by atoms with Crippen LogP contribution in [-0.2, 0) is 11.2 Å². The Kier molecular flexibility index (Phi) is 6.03. The van der Waals surface area contributed by atoms with Gasteiger partial charge in [0.05, 0.1) is 26.2 Å². The number of anilines is 1. The number of amides is 1. The summed E-state index contributed by atoms with van der Waals surface area (Å²) in [5, 5.41) is 0. The van der Waals surface area contributed by atoms with E-state index in [0.717, 1.165) is 42.0 Å². The SMILES string of the molecule is COc1ccc([C@H]2[C@H](CCCc3ccccc3)C(=O)N2c2ccc(OC)cc2)cc1. The molecule has 1 heterocycles. The van der Waals surface area contributed by atoms with Crippen molar-refractivity contribution in [3.63, 3.8) is 0 Å². The highest BCUT2D eigenvalue weighted by molar-refractivity contribution is 6.03. The summed E-state index contributed by atoms with van der Waals surface area (Å²) in [6.07, 6.45) is 2.85. The molecule has 4 rings (SSSR count). The monoisotopic (exact) mass is 401 g/mol. The van der Waals surface area contributed by atoms with Crippen molar-refractivity contribution in [3.8, 4) is 11.5 Å². The normalized spacial score (nSPS) is 18.1. The maximum absolute atomic E-state index is 13.1. The average Bonchev–Trinajstić information content (AvgIpc) is 2.81. The number of hydrogen-bond acceptors (Lipinski definition) is 3. The minimum absolute atomic E-state index is 0.00999. The van der Waals surface area contributed by atoms with Gasteiger partial charge in [0.15, 0.2) is 0 Å². The Bertz CT molecular complexity index is 967. The third-order valence-electron chi connectivity index (χ3n) is 5.85. The molecule has 1 amide bonds. The van der Waals surface area contributed by atoms with Crippen LogP contribution in [0.3, 0.4) is 0 Å². The molecular weight excluding hydrogens is 374 g/mol. The van der Waals surface area contributed by atoms with E-state index in [9.17, 15) is 4.79 Å². The number of benzene rings is 3. The van der Waals surface area contributed by atoms with E-state index in [0.29, 0.717) is 0 Å². The lowest BCUT2D eigenvalue weighted by molar-refractivity contribution is -0.130. The first-order valence-corrected chi connectivity index (χ1v) is 10.4. The van der Waals surface area contributed by atoms with Crippen LogP contribution in [0.1, 0.15) is 30.0 Å². The van der Waals surface area contributed by atoms with E-state index in [4.69, 9.17) is 9.47 Å². The van der Waals surface area contributed by atoms with E-state index in [1.54, 1.807) is 14.2 Å². The largest absolute Gasteiger partial charge is 0.497 e. The Hall–Kier alpha value is -3.27. The van der Waals surface area contributed by atoms with E-state index in [1.165, 1.54) is 5.56 Å². The van der Waals surface area contributed by atoms with Gasteiger partial charge in [-0.1, -0.05) is 42.5 Å². The van der Waals surface area contributed by atoms with Gasteiger partial charge in [0.2, 0.25) is 5.91 Å². The van der Waals surface area contributed by atoms with Crippen LogP contribution in [0.5, 0.6) is 11.5 Å². The van der Waals surface area contributed by atoms with Crippen molar-refractivity contribution in [2.24, 2.45) is 5.92 Å². The molecule has 4 heteroatoms. The molecule has 1 aliphatic rings. The van der Waals surface area contributed by atoms with Crippen molar-refractivity contribution in [1.82, 2.24) is 0 Å². The van der Waals surface area contributed by atoms with Gasteiger partial charge in [0.25, 0.3) is 0 Å². The van der Waals surface area contributed by atoms with Crippen molar-refractivity contribution in [3.05, 3.63) is 90.0 Å². The fourth-order valence-electron chi connectivity index (χ4n) is 4.21. The van der Waals surface area contributed by atoms with E-state index in [-0.39, 0.29) is 17.9 Å². The van der Waals surface area contributed by atoms with Crippen LogP contribution in [0.2, 0.25) is 0 Å². The van der Waals surface area contributed by atoms with Gasteiger partial charge >= 0.3 is 0 Å². The Morgan fingerprint density at radius 1 is 0.800 bits per heavy atom. The van der Waals surface area contributed by atoms with Gasteiger partial charge in [-0.3, -0.25) is 4.79 Å². The average molecular weight is 402 g/mol. The lowest BCUT2D eigenvalue weighted by Crippen LogP contribution is -2.55. The predicted molar refractivity (Wildman–Crippen MR) is 119 cm³/mol. The van der Waals surface area contributed by atoms with Crippen molar-refractivity contribution in [1.29, 1.82) is 0 Å². The zero-order chi connectivity index (χ0) is 20.9. The second-order valence-corrected chi connectivity index (χ2v) is 7.61. The molecule has 0 spiro atoms. The summed E-state index contributed by atoms with van der Waals surface area (Å²) in [7, 11) is 3.31. The van der Waals surface area contributed by atoms with Gasteiger partial charge < -0.3 is 14.4 Å². The first-order valence-electron chi connectivity index (χ1n) is 10.4. The number of nitrogens with zero attached hydrogens (tertiary/aromatic N) is 1. The second kappa shape index (κ2) is 9.04. The van der Waals surface area contributed by atoms with Crippen LogP contribution in [0, 0.1) is 5.92 Å². The zero-order valence-corrected chi connectivity index (χ0v) is 17.5. The first kappa shape index (κ1) is 20.0. The highest BCUT2D eigenvalue weighted by atomic mass is 16.5. The third kappa shape index (κ3) is 4.04. The maximum atomic E-state index is 13.1. The van der Waals surface area contributed by atoms with Crippen molar-refractivity contribution in [2.75, 3.05) is 19.1 Å². The highest BCUT2D eigenvalue weighted by Gasteiger charge is 2.48. The molecule has 1 fully saturated rings. The quantitative estimate of drug-likeness (QED) is 0.472. The van der Waals surface area contributed by atoms with Crippen molar-refractivity contribution >= 4 is 11.6 Å². The number of carbonyl (C=O) groups is 1. The number of ether oxygens (including phenoxy) is 2. The van der Waals surface area contributed by atoms with Gasteiger partial charge in [-0.05, 0) is 66.8 Å². The lowest BCUT2D eigenvalue weighted by Gasteiger charge is -2.47. The molecule has 1 saturated heterocycles. The van der Waals surface area contributed by atoms with Gasteiger partial charge in [0, 0.05) is 5.69 Å². The Balaban J connectivity index is 1.54. The van der Waals surface area contributed by atoms with Gasteiger partial charge in [-0.2, -0.15) is 0 Å². The highest BCUT2D eigenvalue weighted by Crippen LogP contribution is 2.46. The molecule has 2 atom stereocenters. The first-order chi connectivity index (χ1) is 14.7. The number of β-lactam (4-membered cyclic amide) rings is 1. The summed E-state index contributed by atoms with van der Waals surface area (Å²) in [4.78, 5) is 15.0. The molecule has 154 valence electrons. The van der Waals surface area contributed by atoms with Crippen molar-refractivity contribution in [2.45, 2.75) is 25.3 Å². The predicted octanol–water partition coefficient (Wildman–Crippen LogP) is 5.43. The summed E-state index contributed by atoms with van der Waals surface area (Å²) in [5.74, 6) is 1.78. The minimum atomic E-state index is -0.00999. The van der Waals surface area contributed by atoms with E-state index < -0.39 is 0 Å². The molecule has 0 aromatic heterocycles. The number of rotatable bonds is 8.